The molecule has 3 N–H and O–H groups in total. The molecule has 1 rings (SSSR count). The number of nitrogens with zero attached hydrogens (tertiary/aromatic N) is 1. The molecule has 0 aliphatic carbocycles. The average Bonchev–Trinajstić information content (AvgIpc) is 2.26. The first-order valence-corrected chi connectivity index (χ1v) is 4.93. The number of aromatic nitrogens is 1. The number of rotatable bonds is 4. The number of carboxylic acids is 1. The van der Waals surface area contributed by atoms with Gasteiger partial charge < -0.3 is 15.7 Å². The van der Waals surface area contributed by atoms with Gasteiger partial charge in [0.15, 0.2) is 0 Å². The van der Waals surface area contributed by atoms with Crippen LogP contribution >= 0.6 is 11.6 Å². The number of carbonyl (C=O) groups excluding carboxylic acids is 1. The molecule has 0 bridgehead atoms. The van der Waals surface area contributed by atoms with Crippen LogP contribution in [0.5, 0.6) is 0 Å². The number of halogens is 1. The highest BCUT2D eigenvalue weighted by Gasteiger charge is 2.06. The number of anilines is 1. The summed E-state index contributed by atoms with van der Waals surface area (Å²) in [6.45, 7) is 3.53. The first-order valence-electron chi connectivity index (χ1n) is 4.55. The highest BCUT2D eigenvalue weighted by atomic mass is 35.5. The van der Waals surface area contributed by atoms with E-state index in [1.807, 2.05) is 0 Å². The van der Waals surface area contributed by atoms with Gasteiger partial charge in [0.25, 0.3) is 0 Å². The van der Waals surface area contributed by atoms with Crippen LogP contribution < -0.4 is 10.6 Å². The van der Waals surface area contributed by atoms with Gasteiger partial charge in [-0.3, -0.25) is 4.98 Å². The maximum atomic E-state index is 11.3. The van der Waals surface area contributed by atoms with E-state index < -0.39 is 12.0 Å². The monoisotopic (exact) mass is 255 g/mol. The Balaban J connectivity index is 2.62. The average molecular weight is 256 g/mol. The third-order valence-electron chi connectivity index (χ3n) is 1.68. The molecule has 0 aliphatic heterocycles. The summed E-state index contributed by atoms with van der Waals surface area (Å²) >= 11 is 5.46. The third kappa shape index (κ3) is 4.52. The Hall–Kier alpha value is -2.08. The predicted octanol–water partition coefficient (Wildman–Crippen LogP) is 1.65. The van der Waals surface area contributed by atoms with E-state index in [-0.39, 0.29) is 22.8 Å². The van der Waals surface area contributed by atoms with E-state index in [0.717, 1.165) is 0 Å². The molecule has 0 unspecified atom stereocenters. The molecule has 6 nitrogen and oxygen atoms in total. The topological polar surface area (TPSA) is 91.3 Å². The molecule has 0 aromatic carbocycles. The van der Waals surface area contributed by atoms with Crippen LogP contribution in [0.15, 0.2) is 30.1 Å². The molecule has 1 aromatic rings. The highest BCUT2D eigenvalue weighted by Crippen LogP contribution is 2.08. The number of carboxylic acid groups (broad SMARTS) is 1. The Labute approximate surface area is 102 Å². The predicted molar refractivity (Wildman–Crippen MR) is 63.2 cm³/mol. The smallest absolute Gasteiger partial charge is 0.337 e. The van der Waals surface area contributed by atoms with Gasteiger partial charge in [-0.25, -0.2) is 9.59 Å². The largest absolute Gasteiger partial charge is 0.478 e. The minimum Gasteiger partial charge on any atom is -0.478 e. The maximum absolute atomic E-state index is 11.3. The molecule has 0 saturated carbocycles. The van der Waals surface area contributed by atoms with Gasteiger partial charge >= 0.3 is 12.0 Å². The van der Waals surface area contributed by atoms with Crippen LogP contribution in [0, 0.1) is 0 Å². The van der Waals surface area contributed by atoms with Crippen LogP contribution in [0.25, 0.3) is 0 Å². The van der Waals surface area contributed by atoms with Crippen molar-refractivity contribution in [1.29, 1.82) is 0 Å². The number of aromatic carboxylic acids is 1. The quantitative estimate of drug-likeness (QED) is 0.763. The van der Waals surface area contributed by atoms with E-state index in [9.17, 15) is 9.59 Å². The molecule has 0 radical (unpaired) electrons. The van der Waals surface area contributed by atoms with Crippen molar-refractivity contribution in [2.75, 3.05) is 11.9 Å². The second-order valence-electron chi connectivity index (χ2n) is 3.09. The normalized spacial score (nSPS) is 9.47. The number of pyridine rings is 1. The van der Waals surface area contributed by atoms with Gasteiger partial charge in [-0.1, -0.05) is 18.2 Å². The fraction of sp³-hybridized carbons (Fsp3) is 0.100. The van der Waals surface area contributed by atoms with E-state index >= 15 is 0 Å². The number of amides is 2. The van der Waals surface area contributed by atoms with Crippen molar-refractivity contribution in [1.82, 2.24) is 10.3 Å². The van der Waals surface area contributed by atoms with Crippen molar-refractivity contribution in [2.45, 2.75) is 0 Å². The number of nitrogens with one attached hydrogen (secondary N) is 2. The maximum Gasteiger partial charge on any atom is 0.337 e. The van der Waals surface area contributed by atoms with Crippen LogP contribution in [0.3, 0.4) is 0 Å². The van der Waals surface area contributed by atoms with E-state index in [0.29, 0.717) is 0 Å². The van der Waals surface area contributed by atoms with Gasteiger partial charge in [-0.15, -0.1) is 0 Å². The van der Waals surface area contributed by atoms with Crippen molar-refractivity contribution in [3.05, 3.63) is 35.6 Å². The summed E-state index contributed by atoms with van der Waals surface area (Å²) < 4.78 is 0. The zero-order chi connectivity index (χ0) is 12.8. The summed E-state index contributed by atoms with van der Waals surface area (Å²) in [6.07, 6.45) is 2.52. The first-order chi connectivity index (χ1) is 7.99. The fourth-order valence-corrected chi connectivity index (χ4v) is 1.04. The number of hydrogen-bond acceptors (Lipinski definition) is 3. The van der Waals surface area contributed by atoms with Gasteiger partial charge in [-0.2, -0.15) is 0 Å². The summed E-state index contributed by atoms with van der Waals surface area (Å²) in [7, 11) is 0. The molecule has 90 valence electrons. The van der Waals surface area contributed by atoms with Gasteiger partial charge in [0.2, 0.25) is 0 Å². The van der Waals surface area contributed by atoms with E-state index in [2.05, 4.69) is 22.2 Å². The molecule has 0 spiro atoms. The number of carbonyl (C=O) groups is 2. The SMILES string of the molecule is C=C(Cl)CNC(=O)Nc1cncc(C(=O)O)c1. The Bertz CT molecular complexity index is 462. The van der Waals surface area contributed by atoms with Gasteiger partial charge in [0, 0.05) is 11.2 Å². The number of urea groups is 1. The fourth-order valence-electron chi connectivity index (χ4n) is 0.977. The molecule has 1 heterocycles. The van der Waals surface area contributed by atoms with E-state index in [1.54, 1.807) is 0 Å². The lowest BCUT2D eigenvalue weighted by atomic mass is 10.3. The van der Waals surface area contributed by atoms with Gasteiger partial charge in [0.05, 0.1) is 24.0 Å². The molecular weight excluding hydrogens is 246 g/mol. The summed E-state index contributed by atoms with van der Waals surface area (Å²) in [4.78, 5) is 25.6. The van der Waals surface area contributed by atoms with Crippen molar-refractivity contribution in [3.63, 3.8) is 0 Å². The minimum absolute atomic E-state index is 0.00967. The standard InChI is InChI=1S/C10H10ClN3O3/c1-6(11)3-13-10(17)14-8-2-7(9(15)16)4-12-5-8/h2,4-5H,1,3H2,(H,15,16)(H2,13,14,17). The third-order valence-corrected chi connectivity index (χ3v) is 1.82. The van der Waals surface area contributed by atoms with Gasteiger partial charge in [-0.05, 0) is 6.07 Å². The van der Waals surface area contributed by atoms with E-state index in [1.165, 1.54) is 18.5 Å². The second kappa shape index (κ2) is 5.86. The minimum atomic E-state index is -1.12. The number of hydrogen-bond donors (Lipinski definition) is 3. The Morgan fingerprint density at radius 1 is 1.47 bits per heavy atom. The van der Waals surface area contributed by atoms with Crippen LogP contribution in [-0.2, 0) is 0 Å². The van der Waals surface area contributed by atoms with Crippen molar-refractivity contribution < 1.29 is 14.7 Å². The lowest BCUT2D eigenvalue weighted by Gasteiger charge is -2.06. The van der Waals surface area contributed by atoms with Crippen molar-refractivity contribution >= 4 is 29.3 Å². The Morgan fingerprint density at radius 2 is 2.18 bits per heavy atom. The zero-order valence-corrected chi connectivity index (χ0v) is 9.49. The molecular formula is C10H10ClN3O3. The molecule has 17 heavy (non-hydrogen) atoms. The van der Waals surface area contributed by atoms with Crippen molar-refractivity contribution in [3.8, 4) is 0 Å². The van der Waals surface area contributed by atoms with Crippen molar-refractivity contribution in [2.24, 2.45) is 0 Å². The van der Waals surface area contributed by atoms with Crippen LogP contribution in [0.2, 0.25) is 0 Å². The van der Waals surface area contributed by atoms with Gasteiger partial charge in [0.1, 0.15) is 0 Å². The van der Waals surface area contributed by atoms with Crippen LogP contribution in [0.4, 0.5) is 10.5 Å². The molecule has 2 amide bonds. The molecule has 0 atom stereocenters. The Morgan fingerprint density at radius 3 is 2.76 bits per heavy atom. The molecule has 7 heteroatoms. The first kappa shape index (κ1) is 13.0. The summed E-state index contributed by atoms with van der Waals surface area (Å²) in [5.74, 6) is -1.12. The van der Waals surface area contributed by atoms with Crippen LogP contribution in [0.1, 0.15) is 10.4 Å². The van der Waals surface area contributed by atoms with Crippen LogP contribution in [-0.4, -0.2) is 28.6 Å². The molecule has 0 aliphatic rings. The molecule has 1 aromatic heterocycles. The van der Waals surface area contributed by atoms with E-state index in [4.69, 9.17) is 16.7 Å². The lowest BCUT2D eigenvalue weighted by molar-refractivity contribution is 0.0696. The zero-order valence-electron chi connectivity index (χ0n) is 8.74. The summed E-state index contributed by atoms with van der Waals surface area (Å²) in [6, 6.07) is 0.779. The summed E-state index contributed by atoms with van der Waals surface area (Å²) in [5, 5.41) is 13.9. The molecule has 0 saturated heterocycles. The molecule has 0 fully saturated rings. The summed E-state index contributed by atoms with van der Waals surface area (Å²) in [5.41, 5.74) is 0.270. The Kier molecular flexibility index (Phi) is 4.47. The lowest BCUT2D eigenvalue weighted by Crippen LogP contribution is -2.29. The highest BCUT2D eigenvalue weighted by molar-refractivity contribution is 6.29. The second-order valence-corrected chi connectivity index (χ2v) is 3.63.